The molecule has 0 spiro atoms. The van der Waals surface area contributed by atoms with Crippen LogP contribution in [0.25, 0.3) is 0 Å². The maximum Gasteiger partial charge on any atom is 0.239 e. The second kappa shape index (κ2) is 9.66. The van der Waals surface area contributed by atoms with E-state index in [-0.39, 0.29) is 24.4 Å². The smallest absolute Gasteiger partial charge is 0.239 e. The second-order valence-electron chi connectivity index (χ2n) is 5.34. The predicted molar refractivity (Wildman–Crippen MR) is 88.9 cm³/mol. The summed E-state index contributed by atoms with van der Waals surface area (Å²) in [6.07, 6.45) is 0.908. The van der Waals surface area contributed by atoms with Crippen LogP contribution in [0.1, 0.15) is 24.8 Å². The van der Waals surface area contributed by atoms with Crippen LogP contribution >= 0.6 is 12.4 Å². The average Bonchev–Trinajstić information content (AvgIpc) is 2.55. The van der Waals surface area contributed by atoms with Crippen LogP contribution in [0.5, 0.6) is 5.75 Å². The summed E-state index contributed by atoms with van der Waals surface area (Å²) in [7, 11) is 1.66. The Labute approximate surface area is 138 Å². The van der Waals surface area contributed by atoms with Crippen LogP contribution in [0.3, 0.4) is 0 Å². The molecule has 1 saturated heterocycles. The lowest BCUT2D eigenvalue weighted by Gasteiger charge is -2.23. The van der Waals surface area contributed by atoms with Gasteiger partial charge in [-0.2, -0.15) is 0 Å². The normalized spacial score (nSPS) is 18.9. The molecular weight excluding hydrogens is 304 g/mol. The number of carbonyl (C=O) groups excluding carboxylic acids is 1. The van der Waals surface area contributed by atoms with Gasteiger partial charge in [0, 0.05) is 13.1 Å². The fraction of sp³-hybridized carbons (Fsp3) is 0.562. The molecule has 0 radical (unpaired) electrons. The molecule has 5 nitrogen and oxygen atoms in total. The summed E-state index contributed by atoms with van der Waals surface area (Å²) in [4.78, 5) is 11.9. The van der Waals surface area contributed by atoms with Gasteiger partial charge in [0.05, 0.1) is 20.3 Å². The summed E-state index contributed by atoms with van der Waals surface area (Å²) in [5.41, 5.74) is 1.25. The van der Waals surface area contributed by atoms with Gasteiger partial charge in [-0.05, 0) is 30.0 Å². The van der Waals surface area contributed by atoms with Gasteiger partial charge in [-0.25, -0.2) is 0 Å². The van der Waals surface area contributed by atoms with Crippen LogP contribution in [0.2, 0.25) is 0 Å². The molecule has 2 unspecified atom stereocenters. The molecule has 1 aromatic carbocycles. The molecule has 1 fully saturated rings. The largest absolute Gasteiger partial charge is 0.497 e. The highest BCUT2D eigenvalue weighted by Gasteiger charge is 2.20. The topological polar surface area (TPSA) is 59.6 Å². The number of methoxy groups -OCH3 is 1. The van der Waals surface area contributed by atoms with Gasteiger partial charge in [0.1, 0.15) is 11.8 Å². The van der Waals surface area contributed by atoms with E-state index in [4.69, 9.17) is 9.47 Å². The van der Waals surface area contributed by atoms with Crippen molar-refractivity contribution in [1.82, 2.24) is 10.6 Å². The van der Waals surface area contributed by atoms with Crippen LogP contribution in [0.15, 0.2) is 24.3 Å². The first-order chi connectivity index (χ1) is 10.2. The van der Waals surface area contributed by atoms with Crippen molar-refractivity contribution in [1.29, 1.82) is 0 Å². The summed E-state index contributed by atoms with van der Waals surface area (Å²) >= 11 is 0. The summed E-state index contributed by atoms with van der Waals surface area (Å²) < 4.78 is 10.4. The number of ether oxygens (including phenoxy) is 2. The van der Waals surface area contributed by atoms with Crippen LogP contribution in [-0.2, 0) is 9.53 Å². The highest BCUT2D eigenvalue weighted by molar-refractivity contribution is 5.85. The van der Waals surface area contributed by atoms with Crippen molar-refractivity contribution in [2.24, 2.45) is 0 Å². The molecule has 6 heteroatoms. The van der Waals surface area contributed by atoms with Gasteiger partial charge in [-0.15, -0.1) is 12.4 Å². The number of morpholine rings is 1. The van der Waals surface area contributed by atoms with Crippen molar-refractivity contribution < 1.29 is 14.3 Å². The second-order valence-corrected chi connectivity index (χ2v) is 5.34. The Bertz CT molecular complexity index is 447. The number of hydrogen-bond acceptors (Lipinski definition) is 4. The molecule has 2 N–H and O–H groups in total. The summed E-state index contributed by atoms with van der Waals surface area (Å²) in [5, 5.41) is 6.12. The van der Waals surface area contributed by atoms with E-state index < -0.39 is 0 Å². The van der Waals surface area contributed by atoms with Gasteiger partial charge in [-0.1, -0.05) is 19.1 Å². The van der Waals surface area contributed by atoms with E-state index in [9.17, 15) is 4.79 Å². The van der Waals surface area contributed by atoms with E-state index in [1.54, 1.807) is 7.11 Å². The van der Waals surface area contributed by atoms with Crippen molar-refractivity contribution in [2.45, 2.75) is 25.3 Å². The Kier molecular flexibility index (Phi) is 8.24. The Morgan fingerprint density at radius 3 is 2.77 bits per heavy atom. The third kappa shape index (κ3) is 5.48. The standard InChI is InChI=1S/C16H24N2O3.ClH/c1-12(13-3-5-14(20-2)6-4-13)7-8-18-16(19)15-11-21-10-9-17-15;/h3-6,12,15,17H,7-11H2,1-2H3,(H,18,19);1H. The molecule has 1 aromatic rings. The monoisotopic (exact) mass is 328 g/mol. The van der Waals surface area contributed by atoms with Crippen molar-refractivity contribution in [3.63, 3.8) is 0 Å². The third-order valence-electron chi connectivity index (χ3n) is 3.80. The number of rotatable bonds is 6. The molecule has 0 aromatic heterocycles. The lowest BCUT2D eigenvalue weighted by molar-refractivity contribution is -0.125. The van der Waals surface area contributed by atoms with Crippen molar-refractivity contribution in [2.75, 3.05) is 33.4 Å². The highest BCUT2D eigenvalue weighted by atomic mass is 35.5. The quantitative estimate of drug-likeness (QED) is 0.834. The maximum absolute atomic E-state index is 11.9. The fourth-order valence-corrected chi connectivity index (χ4v) is 2.37. The van der Waals surface area contributed by atoms with E-state index in [0.717, 1.165) is 18.7 Å². The molecule has 124 valence electrons. The van der Waals surface area contributed by atoms with Crippen LogP contribution in [0.4, 0.5) is 0 Å². The van der Waals surface area contributed by atoms with E-state index in [0.29, 0.717) is 25.7 Å². The van der Waals surface area contributed by atoms with E-state index in [1.165, 1.54) is 5.56 Å². The minimum Gasteiger partial charge on any atom is -0.497 e. The zero-order valence-corrected chi connectivity index (χ0v) is 13.9. The van der Waals surface area contributed by atoms with Gasteiger partial charge < -0.3 is 20.1 Å². The first kappa shape index (κ1) is 18.7. The van der Waals surface area contributed by atoms with Crippen LogP contribution in [0, 0.1) is 0 Å². The zero-order valence-electron chi connectivity index (χ0n) is 13.1. The zero-order chi connectivity index (χ0) is 15.1. The molecule has 1 heterocycles. The fourth-order valence-electron chi connectivity index (χ4n) is 2.37. The number of benzene rings is 1. The molecule has 0 saturated carbocycles. The molecule has 1 aliphatic heterocycles. The average molecular weight is 329 g/mol. The first-order valence-corrected chi connectivity index (χ1v) is 7.43. The Morgan fingerprint density at radius 2 is 2.18 bits per heavy atom. The van der Waals surface area contributed by atoms with Crippen molar-refractivity contribution in [3.05, 3.63) is 29.8 Å². The van der Waals surface area contributed by atoms with Crippen molar-refractivity contribution in [3.8, 4) is 5.75 Å². The van der Waals surface area contributed by atoms with Crippen LogP contribution in [-0.4, -0.2) is 45.4 Å². The highest BCUT2D eigenvalue weighted by Crippen LogP contribution is 2.21. The maximum atomic E-state index is 11.9. The van der Waals surface area contributed by atoms with Gasteiger partial charge in [0.15, 0.2) is 0 Å². The SMILES string of the molecule is COc1ccc(C(C)CCNC(=O)C2COCCN2)cc1.Cl. The van der Waals surface area contributed by atoms with Gasteiger partial charge in [-0.3, -0.25) is 4.79 Å². The number of hydrogen-bond donors (Lipinski definition) is 2. The molecule has 1 aliphatic rings. The molecule has 1 amide bonds. The van der Waals surface area contributed by atoms with Gasteiger partial charge in [0.25, 0.3) is 0 Å². The van der Waals surface area contributed by atoms with E-state index in [1.807, 2.05) is 12.1 Å². The summed E-state index contributed by atoms with van der Waals surface area (Å²) in [5.74, 6) is 1.28. The van der Waals surface area contributed by atoms with E-state index >= 15 is 0 Å². The Balaban J connectivity index is 0.00000242. The number of halogens is 1. The molecule has 0 aliphatic carbocycles. The molecule has 2 atom stereocenters. The minimum atomic E-state index is -0.213. The number of nitrogens with one attached hydrogen (secondary N) is 2. The van der Waals surface area contributed by atoms with Crippen LogP contribution < -0.4 is 15.4 Å². The predicted octanol–water partition coefficient (Wildman–Crippen LogP) is 1.72. The van der Waals surface area contributed by atoms with E-state index in [2.05, 4.69) is 29.7 Å². The summed E-state index contributed by atoms with van der Waals surface area (Å²) in [6, 6.07) is 7.86. The molecule has 0 bridgehead atoms. The lowest BCUT2D eigenvalue weighted by atomic mass is 9.98. The minimum absolute atomic E-state index is 0. The Hall–Kier alpha value is -1.30. The molecule has 22 heavy (non-hydrogen) atoms. The number of carbonyl (C=O) groups is 1. The third-order valence-corrected chi connectivity index (χ3v) is 3.80. The molecule has 2 rings (SSSR count). The number of amides is 1. The van der Waals surface area contributed by atoms with Crippen molar-refractivity contribution >= 4 is 18.3 Å². The first-order valence-electron chi connectivity index (χ1n) is 7.43. The molecular formula is C16H25ClN2O3. The van der Waals surface area contributed by atoms with Gasteiger partial charge in [0.2, 0.25) is 5.91 Å². The van der Waals surface area contributed by atoms with Gasteiger partial charge >= 0.3 is 0 Å². The lowest BCUT2D eigenvalue weighted by Crippen LogP contribution is -2.51. The summed E-state index contributed by atoms with van der Waals surface area (Å²) in [6.45, 7) is 4.71. The Morgan fingerprint density at radius 1 is 1.45 bits per heavy atom.